The minimum atomic E-state index is -0.607. The number of aromatic amines is 1. The van der Waals surface area contributed by atoms with E-state index in [2.05, 4.69) is 11.1 Å². The zero-order valence-corrected chi connectivity index (χ0v) is 10.7. The van der Waals surface area contributed by atoms with Crippen molar-refractivity contribution in [2.45, 2.75) is 26.3 Å². The Kier molecular flexibility index (Phi) is 3.67. The van der Waals surface area contributed by atoms with E-state index in [0.717, 1.165) is 16.5 Å². The molecule has 0 spiro atoms. The molecule has 0 radical (unpaired) electrons. The summed E-state index contributed by atoms with van der Waals surface area (Å²) in [7, 11) is 0. The van der Waals surface area contributed by atoms with Crippen LogP contribution in [0, 0.1) is 6.92 Å². The van der Waals surface area contributed by atoms with Crippen LogP contribution in [-0.4, -0.2) is 23.6 Å². The van der Waals surface area contributed by atoms with Crippen molar-refractivity contribution in [1.82, 2.24) is 4.98 Å². The lowest BCUT2D eigenvalue weighted by molar-refractivity contribution is -0.144. The van der Waals surface area contributed by atoms with Crippen molar-refractivity contribution in [3.63, 3.8) is 0 Å². The molecule has 0 saturated carbocycles. The molecule has 1 aromatic heterocycles. The van der Waals surface area contributed by atoms with Crippen molar-refractivity contribution in [2.75, 3.05) is 6.61 Å². The van der Waals surface area contributed by atoms with E-state index in [1.54, 1.807) is 6.92 Å². The van der Waals surface area contributed by atoms with Gasteiger partial charge in [0.25, 0.3) is 0 Å². The van der Waals surface area contributed by atoms with Gasteiger partial charge in [0, 0.05) is 23.5 Å². The Hall–Kier alpha value is -1.81. The molecule has 0 bridgehead atoms. The van der Waals surface area contributed by atoms with Gasteiger partial charge in [0.2, 0.25) is 0 Å². The number of hydrogen-bond donors (Lipinski definition) is 2. The van der Waals surface area contributed by atoms with Crippen LogP contribution in [0.4, 0.5) is 0 Å². The standard InChI is InChI=1S/C14H18N2O2/c1-3-18-14(17)12(15)7-10-8-16-13-5-4-9(2)6-11(10)13/h4-6,8,12,16H,3,7,15H2,1-2H3/t12-/m0/s1. The van der Waals surface area contributed by atoms with Gasteiger partial charge in [0.05, 0.1) is 6.61 Å². The van der Waals surface area contributed by atoms with E-state index in [-0.39, 0.29) is 5.97 Å². The molecule has 4 heteroatoms. The highest BCUT2D eigenvalue weighted by molar-refractivity contribution is 5.85. The van der Waals surface area contributed by atoms with Crippen molar-refractivity contribution in [1.29, 1.82) is 0 Å². The summed E-state index contributed by atoms with van der Waals surface area (Å²) in [4.78, 5) is 14.7. The van der Waals surface area contributed by atoms with Gasteiger partial charge in [0.15, 0.2) is 0 Å². The Morgan fingerprint density at radius 3 is 3.00 bits per heavy atom. The Balaban J connectivity index is 2.21. The minimum absolute atomic E-state index is 0.348. The van der Waals surface area contributed by atoms with Crippen molar-refractivity contribution in [3.05, 3.63) is 35.5 Å². The SMILES string of the molecule is CCOC(=O)[C@@H](N)Cc1c[nH]c2ccc(C)cc12. The summed E-state index contributed by atoms with van der Waals surface area (Å²) >= 11 is 0. The van der Waals surface area contributed by atoms with Crippen LogP contribution in [0.3, 0.4) is 0 Å². The predicted octanol–water partition coefficient (Wildman–Crippen LogP) is 1.91. The first-order valence-electron chi connectivity index (χ1n) is 6.10. The largest absolute Gasteiger partial charge is 0.465 e. The number of hydrogen-bond acceptors (Lipinski definition) is 3. The topological polar surface area (TPSA) is 68.1 Å². The van der Waals surface area contributed by atoms with E-state index in [0.29, 0.717) is 13.0 Å². The molecule has 1 heterocycles. The normalized spacial score (nSPS) is 12.6. The highest BCUT2D eigenvalue weighted by Gasteiger charge is 2.17. The highest BCUT2D eigenvalue weighted by atomic mass is 16.5. The molecule has 2 aromatic rings. The number of benzene rings is 1. The first-order chi connectivity index (χ1) is 8.61. The predicted molar refractivity (Wildman–Crippen MR) is 71.3 cm³/mol. The van der Waals surface area contributed by atoms with Gasteiger partial charge in [-0.15, -0.1) is 0 Å². The van der Waals surface area contributed by atoms with Gasteiger partial charge in [-0.05, 0) is 31.5 Å². The fraction of sp³-hybridized carbons (Fsp3) is 0.357. The molecule has 2 rings (SSSR count). The van der Waals surface area contributed by atoms with Crippen molar-refractivity contribution < 1.29 is 9.53 Å². The van der Waals surface area contributed by atoms with Gasteiger partial charge in [-0.3, -0.25) is 4.79 Å². The van der Waals surface area contributed by atoms with Crippen LogP contribution in [-0.2, 0) is 16.0 Å². The lowest BCUT2D eigenvalue weighted by Gasteiger charge is -2.09. The van der Waals surface area contributed by atoms with Crippen LogP contribution in [0.15, 0.2) is 24.4 Å². The first kappa shape index (κ1) is 12.6. The van der Waals surface area contributed by atoms with Crippen LogP contribution in [0.25, 0.3) is 10.9 Å². The van der Waals surface area contributed by atoms with Crippen LogP contribution in [0.2, 0.25) is 0 Å². The van der Waals surface area contributed by atoms with E-state index >= 15 is 0 Å². The summed E-state index contributed by atoms with van der Waals surface area (Å²) in [5.41, 5.74) is 9.14. The number of carbonyl (C=O) groups excluding carboxylic acids is 1. The van der Waals surface area contributed by atoms with E-state index in [1.165, 1.54) is 5.56 Å². The summed E-state index contributed by atoms with van der Waals surface area (Å²) in [6.45, 7) is 4.18. The fourth-order valence-corrected chi connectivity index (χ4v) is 2.03. The summed E-state index contributed by atoms with van der Waals surface area (Å²) in [6.07, 6.45) is 2.39. The number of nitrogens with two attached hydrogens (primary N) is 1. The maximum Gasteiger partial charge on any atom is 0.323 e. The third-order valence-corrected chi connectivity index (χ3v) is 2.95. The Labute approximate surface area is 106 Å². The zero-order chi connectivity index (χ0) is 13.1. The number of ether oxygens (including phenoxy) is 1. The number of H-pyrrole nitrogens is 1. The maximum atomic E-state index is 11.5. The zero-order valence-electron chi connectivity index (χ0n) is 10.7. The number of rotatable bonds is 4. The monoisotopic (exact) mass is 246 g/mol. The van der Waals surface area contributed by atoms with Gasteiger partial charge >= 0.3 is 5.97 Å². The lowest BCUT2D eigenvalue weighted by Crippen LogP contribution is -2.34. The van der Waals surface area contributed by atoms with E-state index < -0.39 is 6.04 Å². The van der Waals surface area contributed by atoms with Gasteiger partial charge in [0.1, 0.15) is 6.04 Å². The van der Waals surface area contributed by atoms with E-state index in [1.807, 2.05) is 25.3 Å². The van der Waals surface area contributed by atoms with Crippen LogP contribution in [0.5, 0.6) is 0 Å². The second kappa shape index (κ2) is 5.23. The molecule has 0 aliphatic carbocycles. The summed E-state index contributed by atoms with van der Waals surface area (Å²) in [6, 6.07) is 5.57. The molecule has 96 valence electrons. The number of carbonyl (C=O) groups is 1. The Morgan fingerprint density at radius 2 is 2.28 bits per heavy atom. The Bertz CT molecular complexity index is 560. The summed E-state index contributed by atoms with van der Waals surface area (Å²) < 4.78 is 4.91. The maximum absolute atomic E-state index is 11.5. The number of fused-ring (bicyclic) bond motifs is 1. The first-order valence-corrected chi connectivity index (χ1v) is 6.10. The third kappa shape index (κ3) is 2.54. The molecule has 0 saturated heterocycles. The summed E-state index contributed by atoms with van der Waals surface area (Å²) in [5, 5.41) is 1.12. The quantitative estimate of drug-likeness (QED) is 0.810. The molecule has 0 fully saturated rings. The molecule has 0 aliphatic rings. The second-order valence-electron chi connectivity index (χ2n) is 4.43. The number of esters is 1. The smallest absolute Gasteiger partial charge is 0.323 e. The van der Waals surface area contributed by atoms with Crippen LogP contribution < -0.4 is 5.73 Å². The van der Waals surface area contributed by atoms with Gasteiger partial charge in [-0.2, -0.15) is 0 Å². The van der Waals surface area contributed by atoms with Gasteiger partial charge in [-0.25, -0.2) is 0 Å². The summed E-state index contributed by atoms with van der Waals surface area (Å²) in [5.74, 6) is -0.348. The van der Waals surface area contributed by atoms with Crippen LogP contribution in [0.1, 0.15) is 18.1 Å². The number of aryl methyl sites for hydroxylation is 1. The molecule has 0 aliphatic heterocycles. The average Bonchev–Trinajstić information content (AvgIpc) is 2.72. The molecule has 18 heavy (non-hydrogen) atoms. The van der Waals surface area contributed by atoms with Crippen molar-refractivity contribution in [2.24, 2.45) is 5.73 Å². The van der Waals surface area contributed by atoms with Gasteiger partial charge < -0.3 is 15.5 Å². The second-order valence-corrected chi connectivity index (χ2v) is 4.43. The average molecular weight is 246 g/mol. The molecular formula is C14H18N2O2. The van der Waals surface area contributed by atoms with Crippen LogP contribution >= 0.6 is 0 Å². The lowest BCUT2D eigenvalue weighted by atomic mass is 10.0. The Morgan fingerprint density at radius 1 is 1.50 bits per heavy atom. The third-order valence-electron chi connectivity index (χ3n) is 2.95. The van der Waals surface area contributed by atoms with Crippen molar-refractivity contribution >= 4 is 16.9 Å². The van der Waals surface area contributed by atoms with E-state index in [4.69, 9.17) is 10.5 Å². The molecule has 0 amide bonds. The van der Waals surface area contributed by atoms with Gasteiger partial charge in [-0.1, -0.05) is 11.6 Å². The molecule has 0 unspecified atom stereocenters. The molecular weight excluding hydrogens is 228 g/mol. The van der Waals surface area contributed by atoms with E-state index in [9.17, 15) is 4.79 Å². The minimum Gasteiger partial charge on any atom is -0.465 e. The number of nitrogens with one attached hydrogen (secondary N) is 1. The molecule has 1 aromatic carbocycles. The highest BCUT2D eigenvalue weighted by Crippen LogP contribution is 2.20. The number of aromatic nitrogens is 1. The molecule has 3 N–H and O–H groups in total. The van der Waals surface area contributed by atoms with Crippen molar-refractivity contribution in [3.8, 4) is 0 Å². The fourth-order valence-electron chi connectivity index (χ4n) is 2.03. The molecule has 4 nitrogen and oxygen atoms in total. The molecule has 1 atom stereocenters.